The highest BCUT2D eigenvalue weighted by Gasteiger charge is 2.53. The quantitative estimate of drug-likeness (QED) is 0.458. The molecule has 4 rings (SSSR count). The zero-order valence-electron chi connectivity index (χ0n) is 17.7. The Morgan fingerprint density at radius 3 is 2.31 bits per heavy atom. The van der Waals surface area contributed by atoms with Crippen LogP contribution in [0.3, 0.4) is 0 Å². The van der Waals surface area contributed by atoms with Crippen LogP contribution in [0.15, 0.2) is 91.0 Å². The minimum absolute atomic E-state index is 0.0141. The smallest absolute Gasteiger partial charge is 0.337 e. The predicted molar refractivity (Wildman–Crippen MR) is 120 cm³/mol. The fraction of sp³-hybridized carbons (Fsp3) is 0.154. The summed E-state index contributed by atoms with van der Waals surface area (Å²) >= 11 is 0. The Hall–Kier alpha value is -3.90. The van der Waals surface area contributed by atoms with E-state index in [2.05, 4.69) is 6.58 Å². The molecule has 32 heavy (non-hydrogen) atoms. The van der Waals surface area contributed by atoms with Crippen molar-refractivity contribution < 1.29 is 24.2 Å². The van der Waals surface area contributed by atoms with Gasteiger partial charge in [0.05, 0.1) is 24.9 Å². The molecule has 0 spiro atoms. The van der Waals surface area contributed by atoms with Crippen LogP contribution >= 0.6 is 0 Å². The van der Waals surface area contributed by atoms with E-state index in [4.69, 9.17) is 9.47 Å². The second kappa shape index (κ2) is 8.69. The van der Waals surface area contributed by atoms with Gasteiger partial charge in [-0.3, -0.25) is 4.79 Å². The number of hydrogen-bond acceptors (Lipinski definition) is 5. The highest BCUT2D eigenvalue weighted by molar-refractivity contribution is 6.13. The third-order valence-corrected chi connectivity index (χ3v) is 5.53. The van der Waals surface area contributed by atoms with Gasteiger partial charge in [0.1, 0.15) is 12.4 Å². The van der Waals surface area contributed by atoms with E-state index in [1.807, 2.05) is 42.5 Å². The minimum Gasteiger partial charge on any atom is -0.497 e. The molecule has 162 valence electrons. The van der Waals surface area contributed by atoms with E-state index in [0.29, 0.717) is 17.0 Å². The number of nitrogens with zero attached hydrogens (tertiary/aromatic N) is 1. The van der Waals surface area contributed by atoms with Crippen molar-refractivity contribution in [3.8, 4) is 5.75 Å². The lowest BCUT2D eigenvalue weighted by molar-refractivity contribution is -0.147. The first kappa shape index (κ1) is 21.3. The van der Waals surface area contributed by atoms with E-state index >= 15 is 0 Å². The number of esters is 1. The van der Waals surface area contributed by atoms with Crippen molar-refractivity contribution in [2.24, 2.45) is 0 Å². The van der Waals surface area contributed by atoms with Crippen molar-refractivity contribution in [3.05, 3.63) is 108 Å². The summed E-state index contributed by atoms with van der Waals surface area (Å²) < 4.78 is 10.5. The molecule has 6 nitrogen and oxygen atoms in total. The minimum atomic E-state index is -2.20. The standard InChI is InChI=1S/C26H23NO5/c1-18(24(28)32-17-20-8-4-3-5-9-20)26(30)22-10-6-7-11-23(22)27(25(26)29)16-19-12-14-21(31-2)15-13-19/h3-15,30H,1,16-17H2,2H3/t26-/m0/s1. The average molecular weight is 429 g/mol. The van der Waals surface area contributed by atoms with Crippen LogP contribution in [-0.2, 0) is 33.1 Å². The second-order valence-corrected chi connectivity index (χ2v) is 7.51. The van der Waals surface area contributed by atoms with Crippen LogP contribution in [0.25, 0.3) is 0 Å². The Bertz CT molecular complexity index is 1160. The molecule has 0 bridgehead atoms. The Balaban J connectivity index is 1.59. The summed E-state index contributed by atoms with van der Waals surface area (Å²) in [5, 5.41) is 11.5. The van der Waals surface area contributed by atoms with Gasteiger partial charge in [-0.15, -0.1) is 0 Å². The Kier molecular flexibility index (Phi) is 5.79. The number of methoxy groups -OCH3 is 1. The molecular weight excluding hydrogens is 406 g/mol. The first-order valence-corrected chi connectivity index (χ1v) is 10.1. The van der Waals surface area contributed by atoms with Crippen LogP contribution in [-0.4, -0.2) is 24.1 Å². The van der Waals surface area contributed by atoms with Crippen LogP contribution in [0, 0.1) is 0 Å². The molecule has 0 aromatic heterocycles. The predicted octanol–water partition coefficient (Wildman–Crippen LogP) is 3.73. The number of rotatable bonds is 7. The summed E-state index contributed by atoms with van der Waals surface area (Å²) in [4.78, 5) is 27.6. The van der Waals surface area contributed by atoms with Crippen LogP contribution in [0.5, 0.6) is 5.75 Å². The molecule has 0 saturated heterocycles. The van der Waals surface area contributed by atoms with Crippen LogP contribution in [0.4, 0.5) is 5.69 Å². The fourth-order valence-corrected chi connectivity index (χ4v) is 3.75. The Labute approximate surface area is 186 Å². The molecule has 1 heterocycles. The molecule has 1 aliphatic rings. The Morgan fingerprint density at radius 2 is 1.62 bits per heavy atom. The molecule has 0 saturated carbocycles. The number of carbonyl (C=O) groups is 2. The number of benzene rings is 3. The maximum atomic E-state index is 13.4. The number of para-hydroxylation sites is 1. The van der Waals surface area contributed by atoms with Crippen LogP contribution in [0.2, 0.25) is 0 Å². The molecule has 1 N–H and O–H groups in total. The summed E-state index contributed by atoms with van der Waals surface area (Å²) in [6.07, 6.45) is 0. The van der Waals surface area contributed by atoms with Gasteiger partial charge in [-0.25, -0.2) is 4.79 Å². The van der Waals surface area contributed by atoms with Crippen molar-refractivity contribution in [2.75, 3.05) is 12.0 Å². The first-order chi connectivity index (χ1) is 15.4. The molecule has 0 unspecified atom stereocenters. The lowest BCUT2D eigenvalue weighted by Crippen LogP contribution is -2.43. The number of anilines is 1. The summed E-state index contributed by atoms with van der Waals surface area (Å²) in [6, 6.07) is 23.3. The monoisotopic (exact) mass is 429 g/mol. The second-order valence-electron chi connectivity index (χ2n) is 7.51. The fourth-order valence-electron chi connectivity index (χ4n) is 3.75. The Morgan fingerprint density at radius 1 is 0.969 bits per heavy atom. The van der Waals surface area contributed by atoms with E-state index in [0.717, 1.165) is 11.1 Å². The SMILES string of the molecule is C=C(C(=O)OCc1ccccc1)[C@@]1(O)C(=O)N(Cc2ccc(OC)cc2)c2ccccc21. The molecule has 3 aromatic carbocycles. The number of aliphatic hydroxyl groups is 1. The van der Waals surface area contributed by atoms with Crippen LogP contribution < -0.4 is 9.64 Å². The third-order valence-electron chi connectivity index (χ3n) is 5.53. The van der Waals surface area contributed by atoms with E-state index in [1.165, 1.54) is 4.90 Å². The van der Waals surface area contributed by atoms with Gasteiger partial charge in [0.25, 0.3) is 5.91 Å². The largest absolute Gasteiger partial charge is 0.497 e. The number of ether oxygens (including phenoxy) is 2. The van der Waals surface area contributed by atoms with Gasteiger partial charge < -0.3 is 19.5 Å². The maximum absolute atomic E-state index is 13.4. The zero-order valence-corrected chi connectivity index (χ0v) is 17.7. The van der Waals surface area contributed by atoms with Crippen molar-refractivity contribution in [1.82, 2.24) is 0 Å². The number of hydrogen-bond donors (Lipinski definition) is 1. The molecule has 0 fully saturated rings. The van der Waals surface area contributed by atoms with Crippen molar-refractivity contribution in [2.45, 2.75) is 18.8 Å². The lowest BCUT2D eigenvalue weighted by atomic mass is 9.88. The van der Waals surface area contributed by atoms with E-state index in [-0.39, 0.29) is 18.7 Å². The highest BCUT2D eigenvalue weighted by Crippen LogP contribution is 2.45. The van der Waals surface area contributed by atoms with Gasteiger partial charge in [0.2, 0.25) is 5.60 Å². The average Bonchev–Trinajstić information content (AvgIpc) is 3.06. The van der Waals surface area contributed by atoms with Gasteiger partial charge in [-0.05, 0) is 29.3 Å². The molecule has 0 aliphatic carbocycles. The van der Waals surface area contributed by atoms with Gasteiger partial charge in [-0.1, -0.05) is 67.2 Å². The molecule has 0 radical (unpaired) electrons. The van der Waals surface area contributed by atoms with Gasteiger partial charge in [0.15, 0.2) is 0 Å². The van der Waals surface area contributed by atoms with E-state index in [1.54, 1.807) is 43.5 Å². The molecule has 6 heteroatoms. The number of fused-ring (bicyclic) bond motifs is 1. The molecule has 3 aromatic rings. The summed E-state index contributed by atoms with van der Waals surface area (Å²) in [6.45, 7) is 3.98. The summed E-state index contributed by atoms with van der Waals surface area (Å²) in [5.74, 6) is -0.769. The van der Waals surface area contributed by atoms with Gasteiger partial charge in [-0.2, -0.15) is 0 Å². The molecule has 1 atom stereocenters. The normalized spacial score (nSPS) is 17.1. The summed E-state index contributed by atoms with van der Waals surface area (Å²) in [5.41, 5.74) is -0.0527. The zero-order chi connectivity index (χ0) is 22.7. The van der Waals surface area contributed by atoms with Crippen LogP contribution in [0.1, 0.15) is 16.7 Å². The molecule has 1 amide bonds. The van der Waals surface area contributed by atoms with Gasteiger partial charge >= 0.3 is 5.97 Å². The molecular formula is C26H23NO5. The maximum Gasteiger partial charge on any atom is 0.337 e. The van der Waals surface area contributed by atoms with Crippen molar-refractivity contribution in [1.29, 1.82) is 0 Å². The lowest BCUT2D eigenvalue weighted by Gasteiger charge is -2.24. The number of carbonyl (C=O) groups excluding carboxylic acids is 2. The van der Waals surface area contributed by atoms with E-state index in [9.17, 15) is 14.7 Å². The van der Waals surface area contributed by atoms with Crippen molar-refractivity contribution in [3.63, 3.8) is 0 Å². The highest BCUT2D eigenvalue weighted by atomic mass is 16.5. The van der Waals surface area contributed by atoms with Crippen molar-refractivity contribution >= 4 is 17.6 Å². The molecule has 1 aliphatic heterocycles. The van der Waals surface area contributed by atoms with E-state index < -0.39 is 17.5 Å². The topological polar surface area (TPSA) is 76.1 Å². The number of amides is 1. The van der Waals surface area contributed by atoms with Gasteiger partial charge in [0, 0.05) is 5.56 Å². The third kappa shape index (κ3) is 3.76. The first-order valence-electron chi connectivity index (χ1n) is 10.1. The summed E-state index contributed by atoms with van der Waals surface area (Å²) in [7, 11) is 1.58.